The summed E-state index contributed by atoms with van der Waals surface area (Å²) in [5.41, 5.74) is 4.27. The molecule has 0 saturated carbocycles. The lowest BCUT2D eigenvalue weighted by Gasteiger charge is -2.05. The van der Waals surface area contributed by atoms with Crippen LogP contribution < -0.4 is 10.6 Å². The number of aromatic amines is 1. The molecular formula is C27H23N5O4. The van der Waals surface area contributed by atoms with Crippen molar-refractivity contribution in [3.63, 3.8) is 0 Å². The molecule has 0 saturated heterocycles. The molecule has 36 heavy (non-hydrogen) atoms. The molecule has 0 radical (unpaired) electrons. The number of nitrogens with one attached hydrogen (secondary N) is 3. The zero-order valence-corrected chi connectivity index (χ0v) is 19.3. The van der Waals surface area contributed by atoms with E-state index in [2.05, 4.69) is 25.6 Å². The van der Waals surface area contributed by atoms with E-state index in [4.69, 9.17) is 0 Å². The minimum Gasteiger partial charge on any atom is -0.504 e. The molecule has 9 nitrogen and oxygen atoms in total. The van der Waals surface area contributed by atoms with E-state index in [9.17, 15) is 19.8 Å². The first kappa shape index (κ1) is 24.0. The van der Waals surface area contributed by atoms with E-state index >= 15 is 0 Å². The molecule has 0 aliphatic heterocycles. The van der Waals surface area contributed by atoms with Crippen molar-refractivity contribution in [1.29, 1.82) is 0 Å². The molecule has 5 N–H and O–H groups in total. The third kappa shape index (κ3) is 5.65. The first-order valence-electron chi connectivity index (χ1n) is 10.9. The fraction of sp³-hybridized carbons (Fsp3) is 0.0370. The summed E-state index contributed by atoms with van der Waals surface area (Å²) >= 11 is 0. The lowest BCUT2D eigenvalue weighted by molar-refractivity contribution is 0.102. The number of phenols is 2. The standard InChI is InChI=1S/C20H17N5O3.C7H6O/c1-21-13-5-2-11(3-6-13)19-23-14-9-18(22-10-15(14)24-19)25-20(28)12-4-7-16(26)17(27)8-12;8-6-7-4-2-1-3-5-7/h2-10,21,26-27H,1H3,(H,23,24)(H,22,25,28);1-6H. The molecule has 9 heteroatoms. The number of benzene rings is 3. The maximum Gasteiger partial charge on any atom is 0.256 e. The van der Waals surface area contributed by atoms with E-state index in [0.29, 0.717) is 17.2 Å². The first-order valence-corrected chi connectivity index (χ1v) is 10.9. The summed E-state index contributed by atoms with van der Waals surface area (Å²) in [6.07, 6.45) is 2.43. The van der Waals surface area contributed by atoms with Gasteiger partial charge >= 0.3 is 0 Å². The van der Waals surface area contributed by atoms with Crippen LogP contribution in [0.25, 0.3) is 22.4 Å². The van der Waals surface area contributed by atoms with Crippen molar-refractivity contribution in [3.05, 3.63) is 96.2 Å². The van der Waals surface area contributed by atoms with Crippen LogP contribution in [-0.2, 0) is 0 Å². The average Bonchev–Trinajstić information content (AvgIpc) is 3.34. The van der Waals surface area contributed by atoms with Crippen molar-refractivity contribution < 1.29 is 19.8 Å². The molecule has 3 aromatic carbocycles. The molecule has 5 rings (SSSR count). The second kappa shape index (κ2) is 10.8. The maximum absolute atomic E-state index is 12.3. The van der Waals surface area contributed by atoms with Gasteiger partial charge in [0.2, 0.25) is 0 Å². The minimum absolute atomic E-state index is 0.199. The quantitative estimate of drug-likeness (QED) is 0.179. The van der Waals surface area contributed by atoms with Crippen molar-refractivity contribution >= 4 is 34.7 Å². The first-order chi connectivity index (χ1) is 17.5. The number of carbonyl (C=O) groups excluding carboxylic acids is 2. The molecule has 0 aliphatic rings. The van der Waals surface area contributed by atoms with Crippen molar-refractivity contribution in [2.45, 2.75) is 0 Å². The molecule has 2 heterocycles. The van der Waals surface area contributed by atoms with Crippen molar-refractivity contribution in [2.75, 3.05) is 17.7 Å². The molecule has 0 aliphatic carbocycles. The third-order valence-corrected chi connectivity index (χ3v) is 5.23. The number of fused-ring (bicyclic) bond motifs is 1. The Bertz CT molecular complexity index is 1500. The number of amides is 1. The fourth-order valence-corrected chi connectivity index (χ4v) is 3.29. The molecule has 0 spiro atoms. The zero-order chi connectivity index (χ0) is 25.5. The van der Waals surface area contributed by atoms with Crippen LogP contribution in [0.1, 0.15) is 20.7 Å². The van der Waals surface area contributed by atoms with Gasteiger partial charge in [-0.15, -0.1) is 0 Å². The summed E-state index contributed by atoms with van der Waals surface area (Å²) < 4.78 is 0. The van der Waals surface area contributed by atoms with Crippen molar-refractivity contribution in [3.8, 4) is 22.9 Å². The van der Waals surface area contributed by atoms with Crippen LogP contribution in [0.4, 0.5) is 11.5 Å². The van der Waals surface area contributed by atoms with Gasteiger partial charge in [-0.1, -0.05) is 30.3 Å². The number of aldehydes is 1. The summed E-state index contributed by atoms with van der Waals surface area (Å²) in [4.78, 5) is 34.3. The second-order valence-electron chi connectivity index (χ2n) is 7.69. The number of nitrogens with zero attached hydrogens (tertiary/aromatic N) is 2. The van der Waals surface area contributed by atoms with Gasteiger partial charge in [0.05, 0.1) is 17.2 Å². The summed E-state index contributed by atoms with van der Waals surface area (Å²) in [7, 11) is 1.86. The topological polar surface area (TPSA) is 140 Å². The van der Waals surface area contributed by atoms with Crippen LogP contribution in [0.3, 0.4) is 0 Å². The molecule has 2 aromatic heterocycles. The number of H-pyrrole nitrogens is 1. The summed E-state index contributed by atoms with van der Waals surface area (Å²) in [6, 6.07) is 22.4. The number of phenolic OH excluding ortho intramolecular Hbond substituents is 2. The number of anilines is 2. The number of hydrogen-bond donors (Lipinski definition) is 5. The van der Waals surface area contributed by atoms with Gasteiger partial charge < -0.3 is 25.8 Å². The zero-order valence-electron chi connectivity index (χ0n) is 19.3. The van der Waals surface area contributed by atoms with Crippen molar-refractivity contribution in [2.24, 2.45) is 0 Å². The minimum atomic E-state index is -0.458. The highest BCUT2D eigenvalue weighted by Crippen LogP contribution is 2.26. The van der Waals surface area contributed by atoms with Crippen LogP contribution in [0.15, 0.2) is 85.1 Å². The predicted molar refractivity (Wildman–Crippen MR) is 138 cm³/mol. The highest BCUT2D eigenvalue weighted by Gasteiger charge is 2.12. The smallest absolute Gasteiger partial charge is 0.256 e. The average molecular weight is 482 g/mol. The van der Waals surface area contributed by atoms with E-state index in [1.165, 1.54) is 18.2 Å². The molecule has 5 aromatic rings. The lowest BCUT2D eigenvalue weighted by Crippen LogP contribution is -2.12. The Kier molecular flexibility index (Phi) is 7.21. The van der Waals surface area contributed by atoms with Crippen LogP contribution >= 0.6 is 0 Å². The predicted octanol–water partition coefficient (Wildman–Crippen LogP) is 4.83. The SMILES string of the molecule is CNc1ccc(-c2nc3cc(NC(=O)c4ccc(O)c(O)c4)ncc3[nH]2)cc1.O=Cc1ccccc1. The van der Waals surface area contributed by atoms with Gasteiger partial charge in [-0.3, -0.25) is 9.59 Å². The van der Waals surface area contributed by atoms with Crippen molar-refractivity contribution in [1.82, 2.24) is 15.0 Å². The van der Waals surface area contributed by atoms with E-state index in [1.54, 1.807) is 24.4 Å². The summed E-state index contributed by atoms with van der Waals surface area (Å²) in [5, 5.41) is 24.6. The maximum atomic E-state index is 12.3. The van der Waals surface area contributed by atoms with Crippen LogP contribution in [0, 0.1) is 0 Å². The van der Waals surface area contributed by atoms with E-state index in [0.717, 1.165) is 28.6 Å². The Morgan fingerprint density at radius 1 is 0.944 bits per heavy atom. The number of carbonyl (C=O) groups is 2. The fourth-order valence-electron chi connectivity index (χ4n) is 3.29. The number of rotatable bonds is 5. The summed E-state index contributed by atoms with van der Waals surface area (Å²) in [5.74, 6) is -0.0826. The van der Waals surface area contributed by atoms with Crippen LogP contribution in [-0.4, -0.2) is 44.4 Å². The molecule has 0 unspecified atom stereocenters. The van der Waals surface area contributed by atoms with E-state index in [1.807, 2.05) is 49.5 Å². The molecule has 180 valence electrons. The Labute approximate surface area is 206 Å². The Balaban J connectivity index is 0.000000325. The Hall–Kier alpha value is -5.18. The Morgan fingerprint density at radius 2 is 1.69 bits per heavy atom. The molecular weight excluding hydrogens is 458 g/mol. The highest BCUT2D eigenvalue weighted by atomic mass is 16.3. The number of aromatic nitrogens is 3. The number of pyridine rings is 1. The monoisotopic (exact) mass is 481 g/mol. The van der Waals surface area contributed by atoms with Gasteiger partial charge in [0, 0.05) is 35.5 Å². The highest BCUT2D eigenvalue weighted by molar-refractivity contribution is 6.04. The second-order valence-corrected chi connectivity index (χ2v) is 7.69. The molecule has 0 bridgehead atoms. The van der Waals surface area contributed by atoms with Gasteiger partial charge in [0.25, 0.3) is 5.91 Å². The lowest BCUT2D eigenvalue weighted by atomic mass is 10.2. The molecule has 1 amide bonds. The number of hydrogen-bond acceptors (Lipinski definition) is 7. The normalized spacial score (nSPS) is 10.2. The third-order valence-electron chi connectivity index (χ3n) is 5.23. The number of imidazole rings is 1. The summed E-state index contributed by atoms with van der Waals surface area (Å²) in [6.45, 7) is 0. The number of aromatic hydroxyl groups is 2. The van der Waals surface area contributed by atoms with Crippen LogP contribution in [0.2, 0.25) is 0 Å². The van der Waals surface area contributed by atoms with E-state index < -0.39 is 5.91 Å². The largest absolute Gasteiger partial charge is 0.504 e. The van der Waals surface area contributed by atoms with Crippen LogP contribution in [0.5, 0.6) is 11.5 Å². The van der Waals surface area contributed by atoms with Gasteiger partial charge in [0.15, 0.2) is 11.5 Å². The van der Waals surface area contributed by atoms with Gasteiger partial charge in [-0.2, -0.15) is 0 Å². The van der Waals surface area contributed by atoms with Gasteiger partial charge in [0.1, 0.15) is 17.9 Å². The molecule has 0 atom stereocenters. The van der Waals surface area contributed by atoms with Gasteiger partial charge in [-0.25, -0.2) is 9.97 Å². The Morgan fingerprint density at radius 3 is 2.33 bits per heavy atom. The molecule has 0 fully saturated rings. The van der Waals surface area contributed by atoms with E-state index in [-0.39, 0.29) is 17.1 Å². The van der Waals surface area contributed by atoms with Gasteiger partial charge in [-0.05, 0) is 42.5 Å².